The van der Waals surface area contributed by atoms with Gasteiger partial charge in [-0.3, -0.25) is 9.59 Å². The van der Waals surface area contributed by atoms with Crippen molar-refractivity contribution in [3.05, 3.63) is 22.4 Å². The number of rotatable bonds is 7. The van der Waals surface area contributed by atoms with Gasteiger partial charge >= 0.3 is 0 Å². The van der Waals surface area contributed by atoms with Crippen LogP contribution < -0.4 is 16.4 Å². The summed E-state index contributed by atoms with van der Waals surface area (Å²) in [5.74, 6) is -0.127. The van der Waals surface area contributed by atoms with E-state index in [1.54, 1.807) is 6.07 Å². The van der Waals surface area contributed by atoms with Gasteiger partial charge in [-0.15, -0.1) is 23.7 Å². The molecule has 1 aromatic rings. The first-order valence-electron chi connectivity index (χ1n) is 6.77. The van der Waals surface area contributed by atoms with Gasteiger partial charge in [-0.05, 0) is 29.8 Å². The number of nitrogens with one attached hydrogen (secondary N) is 2. The van der Waals surface area contributed by atoms with Crippen LogP contribution in [-0.2, 0) is 4.79 Å². The second-order valence-electron chi connectivity index (χ2n) is 5.26. The fourth-order valence-electron chi connectivity index (χ4n) is 1.62. The van der Waals surface area contributed by atoms with Crippen LogP contribution in [0.15, 0.2) is 17.5 Å². The van der Waals surface area contributed by atoms with E-state index in [9.17, 15) is 9.59 Å². The van der Waals surface area contributed by atoms with E-state index in [1.165, 1.54) is 11.3 Å². The topological polar surface area (TPSA) is 84.2 Å². The molecule has 0 aliphatic rings. The number of hydrogen-bond donors (Lipinski definition) is 3. The van der Waals surface area contributed by atoms with Crippen molar-refractivity contribution in [3.63, 3.8) is 0 Å². The molecule has 4 N–H and O–H groups in total. The number of amides is 2. The van der Waals surface area contributed by atoms with Gasteiger partial charge in [0.1, 0.15) is 6.04 Å². The maximum atomic E-state index is 12.1. The summed E-state index contributed by atoms with van der Waals surface area (Å²) < 4.78 is 0. The quantitative estimate of drug-likeness (QED) is 0.709. The summed E-state index contributed by atoms with van der Waals surface area (Å²) in [5.41, 5.74) is 5.52. The fourth-order valence-corrected chi connectivity index (χ4v) is 2.25. The van der Waals surface area contributed by atoms with E-state index in [1.807, 2.05) is 32.2 Å². The molecule has 2 unspecified atom stereocenters. The van der Waals surface area contributed by atoms with E-state index < -0.39 is 6.04 Å². The molecule has 0 aliphatic heterocycles. The van der Waals surface area contributed by atoms with Gasteiger partial charge in [0.25, 0.3) is 5.91 Å². The van der Waals surface area contributed by atoms with Gasteiger partial charge in [0, 0.05) is 6.54 Å². The zero-order valence-corrected chi connectivity index (χ0v) is 14.2. The smallest absolute Gasteiger partial charge is 0.262 e. The third kappa shape index (κ3) is 6.46. The normalized spacial score (nSPS) is 13.2. The Labute approximate surface area is 136 Å². The Morgan fingerprint density at radius 3 is 2.48 bits per heavy atom. The molecule has 7 heteroatoms. The predicted molar refractivity (Wildman–Crippen MR) is 88.9 cm³/mol. The lowest BCUT2D eigenvalue weighted by Gasteiger charge is -2.22. The third-order valence-corrected chi connectivity index (χ3v) is 3.88. The zero-order valence-electron chi connectivity index (χ0n) is 12.6. The second kappa shape index (κ2) is 9.76. The number of halogens is 1. The molecule has 0 radical (unpaired) electrons. The first-order chi connectivity index (χ1) is 9.45. The van der Waals surface area contributed by atoms with E-state index in [2.05, 4.69) is 10.6 Å². The Balaban J connectivity index is 0.00000400. The molecule has 0 bridgehead atoms. The van der Waals surface area contributed by atoms with E-state index in [0.29, 0.717) is 18.0 Å². The average molecular weight is 334 g/mol. The van der Waals surface area contributed by atoms with E-state index in [4.69, 9.17) is 5.73 Å². The summed E-state index contributed by atoms with van der Waals surface area (Å²) >= 11 is 1.36. The molecule has 0 aliphatic carbocycles. The second-order valence-corrected chi connectivity index (χ2v) is 6.21. The SMILES string of the molecule is CC(CN)CNC(=O)C(NC(=O)c1cccs1)C(C)C.Cl. The minimum atomic E-state index is -0.533. The summed E-state index contributed by atoms with van der Waals surface area (Å²) in [7, 11) is 0. The number of carbonyl (C=O) groups is 2. The van der Waals surface area contributed by atoms with E-state index in [0.717, 1.165) is 0 Å². The molecule has 2 atom stereocenters. The van der Waals surface area contributed by atoms with Gasteiger partial charge in [-0.1, -0.05) is 26.8 Å². The van der Waals surface area contributed by atoms with Gasteiger partial charge in [0.2, 0.25) is 5.91 Å². The lowest BCUT2D eigenvalue weighted by molar-refractivity contribution is -0.124. The van der Waals surface area contributed by atoms with E-state index in [-0.39, 0.29) is 36.1 Å². The Hall–Kier alpha value is -1.11. The summed E-state index contributed by atoms with van der Waals surface area (Å²) in [6, 6.07) is 3.02. The van der Waals surface area contributed by atoms with Crippen LogP contribution in [0.2, 0.25) is 0 Å². The minimum absolute atomic E-state index is 0. The molecule has 0 saturated heterocycles. The van der Waals surface area contributed by atoms with Crippen molar-refractivity contribution in [2.45, 2.75) is 26.8 Å². The highest BCUT2D eigenvalue weighted by Gasteiger charge is 2.24. The van der Waals surface area contributed by atoms with Crippen molar-refractivity contribution in [2.75, 3.05) is 13.1 Å². The van der Waals surface area contributed by atoms with Crippen molar-refractivity contribution >= 4 is 35.6 Å². The molecule has 0 aromatic carbocycles. The Morgan fingerprint density at radius 1 is 1.33 bits per heavy atom. The Morgan fingerprint density at radius 2 is 2.00 bits per heavy atom. The van der Waals surface area contributed by atoms with Gasteiger partial charge in [0.05, 0.1) is 4.88 Å². The van der Waals surface area contributed by atoms with Gasteiger partial charge in [-0.2, -0.15) is 0 Å². The highest BCUT2D eigenvalue weighted by Crippen LogP contribution is 2.10. The van der Waals surface area contributed by atoms with Crippen LogP contribution in [-0.4, -0.2) is 30.9 Å². The lowest BCUT2D eigenvalue weighted by Crippen LogP contribution is -2.50. The monoisotopic (exact) mass is 333 g/mol. The van der Waals surface area contributed by atoms with Crippen LogP contribution in [0.1, 0.15) is 30.4 Å². The molecule has 0 fully saturated rings. The predicted octanol–water partition coefficient (Wildman–Crippen LogP) is 1.64. The zero-order chi connectivity index (χ0) is 15.1. The van der Waals surface area contributed by atoms with Crippen LogP contribution in [0.3, 0.4) is 0 Å². The van der Waals surface area contributed by atoms with Crippen molar-refractivity contribution in [1.82, 2.24) is 10.6 Å². The largest absolute Gasteiger partial charge is 0.354 e. The van der Waals surface area contributed by atoms with Crippen molar-refractivity contribution < 1.29 is 9.59 Å². The maximum absolute atomic E-state index is 12.1. The van der Waals surface area contributed by atoms with Gasteiger partial charge in [-0.25, -0.2) is 0 Å². The Bertz CT molecular complexity index is 437. The van der Waals surface area contributed by atoms with Crippen LogP contribution in [0.4, 0.5) is 0 Å². The first-order valence-corrected chi connectivity index (χ1v) is 7.65. The molecule has 21 heavy (non-hydrogen) atoms. The first kappa shape index (κ1) is 19.9. The summed E-state index contributed by atoms with van der Waals surface area (Å²) in [6.45, 7) is 6.83. The van der Waals surface area contributed by atoms with Crippen molar-refractivity contribution in [3.8, 4) is 0 Å². The Kier molecular flexibility index (Phi) is 9.24. The van der Waals surface area contributed by atoms with Crippen LogP contribution in [0.5, 0.6) is 0 Å². The number of nitrogens with two attached hydrogens (primary N) is 1. The molecule has 2 amide bonds. The molecule has 1 heterocycles. The maximum Gasteiger partial charge on any atom is 0.262 e. The van der Waals surface area contributed by atoms with Crippen molar-refractivity contribution in [1.29, 1.82) is 0 Å². The minimum Gasteiger partial charge on any atom is -0.354 e. The lowest BCUT2D eigenvalue weighted by atomic mass is 10.0. The standard InChI is InChI=1S/C14H23N3O2S.ClH/c1-9(2)12(14(19)16-8-10(3)7-15)17-13(18)11-5-4-6-20-11;/h4-6,9-10,12H,7-8,15H2,1-3H3,(H,16,19)(H,17,18);1H. The average Bonchev–Trinajstić information content (AvgIpc) is 2.95. The fraction of sp³-hybridized carbons (Fsp3) is 0.571. The molecular formula is C14H24ClN3O2S. The molecule has 1 aromatic heterocycles. The van der Waals surface area contributed by atoms with Gasteiger partial charge < -0.3 is 16.4 Å². The molecule has 0 spiro atoms. The molecule has 0 saturated carbocycles. The summed E-state index contributed by atoms with van der Waals surface area (Å²) in [5, 5.41) is 7.46. The summed E-state index contributed by atoms with van der Waals surface area (Å²) in [4.78, 5) is 24.8. The van der Waals surface area contributed by atoms with Crippen LogP contribution in [0.25, 0.3) is 0 Å². The molecular weight excluding hydrogens is 310 g/mol. The van der Waals surface area contributed by atoms with Crippen LogP contribution >= 0.6 is 23.7 Å². The number of hydrogen-bond acceptors (Lipinski definition) is 4. The van der Waals surface area contributed by atoms with Gasteiger partial charge in [0.15, 0.2) is 0 Å². The molecule has 5 nitrogen and oxygen atoms in total. The highest BCUT2D eigenvalue weighted by atomic mass is 35.5. The number of thiophene rings is 1. The van der Waals surface area contributed by atoms with Crippen LogP contribution in [0, 0.1) is 11.8 Å². The van der Waals surface area contributed by atoms with Crippen molar-refractivity contribution in [2.24, 2.45) is 17.6 Å². The van der Waals surface area contributed by atoms with E-state index >= 15 is 0 Å². The molecule has 120 valence electrons. The number of carbonyl (C=O) groups excluding carboxylic acids is 2. The molecule has 1 rings (SSSR count). The third-order valence-electron chi connectivity index (χ3n) is 3.01. The highest BCUT2D eigenvalue weighted by molar-refractivity contribution is 7.12. The summed E-state index contributed by atoms with van der Waals surface area (Å²) in [6.07, 6.45) is 0.